The van der Waals surface area contributed by atoms with E-state index in [1.807, 2.05) is 24.3 Å². The zero-order valence-corrected chi connectivity index (χ0v) is 11.3. The van der Waals surface area contributed by atoms with Crippen LogP contribution in [0.2, 0.25) is 0 Å². The van der Waals surface area contributed by atoms with Crippen LogP contribution in [0.15, 0.2) is 28.7 Å². The molecule has 4 heteroatoms. The number of rotatable bonds is 4. The molecule has 2 rings (SSSR count). The molecule has 1 saturated carbocycles. The Balaban J connectivity index is 1.95. The maximum Gasteiger partial charge on any atom is 0.227 e. The molecule has 0 unspecified atom stereocenters. The lowest BCUT2D eigenvalue weighted by atomic mass is 9.68. The molecule has 17 heavy (non-hydrogen) atoms. The standard InChI is InChI=1S/C13H17BrN2O/c14-11-5-2-1-4-10(11)8-16-12(17)13(9-15)6-3-7-13/h1-2,4-5H,3,6-9,15H2,(H,16,17). The molecule has 1 aliphatic rings. The summed E-state index contributed by atoms with van der Waals surface area (Å²) < 4.78 is 1.02. The predicted octanol–water partition coefficient (Wildman–Crippen LogP) is 2.19. The second-order valence-corrected chi connectivity index (χ2v) is 5.47. The fraction of sp³-hybridized carbons (Fsp3) is 0.462. The number of hydrogen-bond acceptors (Lipinski definition) is 2. The van der Waals surface area contributed by atoms with E-state index < -0.39 is 0 Å². The van der Waals surface area contributed by atoms with Crippen LogP contribution in [0.4, 0.5) is 0 Å². The van der Waals surface area contributed by atoms with E-state index >= 15 is 0 Å². The van der Waals surface area contributed by atoms with E-state index in [9.17, 15) is 4.79 Å². The van der Waals surface area contributed by atoms with Gasteiger partial charge in [0, 0.05) is 17.6 Å². The van der Waals surface area contributed by atoms with Crippen LogP contribution >= 0.6 is 15.9 Å². The Morgan fingerprint density at radius 1 is 1.41 bits per heavy atom. The zero-order valence-electron chi connectivity index (χ0n) is 9.71. The Bertz CT molecular complexity index is 410. The molecule has 0 aromatic heterocycles. The number of carbonyl (C=O) groups excluding carboxylic acids is 1. The predicted molar refractivity (Wildman–Crippen MR) is 71.3 cm³/mol. The Labute approximate surface area is 110 Å². The molecular formula is C13H17BrN2O. The first-order valence-corrected chi connectivity index (χ1v) is 6.69. The molecule has 3 N–H and O–H groups in total. The van der Waals surface area contributed by atoms with Crippen molar-refractivity contribution < 1.29 is 4.79 Å². The van der Waals surface area contributed by atoms with Crippen molar-refractivity contribution in [3.63, 3.8) is 0 Å². The van der Waals surface area contributed by atoms with E-state index in [0.29, 0.717) is 13.1 Å². The molecule has 3 nitrogen and oxygen atoms in total. The highest BCUT2D eigenvalue weighted by Gasteiger charge is 2.42. The number of halogens is 1. The first kappa shape index (κ1) is 12.6. The summed E-state index contributed by atoms with van der Waals surface area (Å²) in [5, 5.41) is 2.98. The van der Waals surface area contributed by atoms with Crippen LogP contribution in [0, 0.1) is 5.41 Å². The van der Waals surface area contributed by atoms with Crippen LogP contribution in [-0.2, 0) is 11.3 Å². The minimum absolute atomic E-state index is 0.0991. The fourth-order valence-corrected chi connectivity index (χ4v) is 2.56. The summed E-state index contributed by atoms with van der Waals surface area (Å²) in [4.78, 5) is 12.1. The maximum atomic E-state index is 12.1. The Kier molecular flexibility index (Phi) is 3.84. The second kappa shape index (κ2) is 5.19. The molecule has 1 amide bonds. The molecule has 0 spiro atoms. The van der Waals surface area contributed by atoms with Crippen molar-refractivity contribution in [2.75, 3.05) is 6.54 Å². The molecule has 0 radical (unpaired) electrons. The molecular weight excluding hydrogens is 280 g/mol. The van der Waals surface area contributed by atoms with Gasteiger partial charge in [-0.2, -0.15) is 0 Å². The topological polar surface area (TPSA) is 55.1 Å². The van der Waals surface area contributed by atoms with E-state index in [0.717, 1.165) is 29.3 Å². The number of benzene rings is 1. The minimum Gasteiger partial charge on any atom is -0.351 e. The van der Waals surface area contributed by atoms with E-state index in [1.54, 1.807) is 0 Å². The third kappa shape index (κ3) is 2.53. The summed E-state index contributed by atoms with van der Waals surface area (Å²) in [6, 6.07) is 7.90. The minimum atomic E-state index is -0.290. The van der Waals surface area contributed by atoms with Gasteiger partial charge >= 0.3 is 0 Å². The van der Waals surface area contributed by atoms with Crippen molar-refractivity contribution in [2.24, 2.45) is 11.1 Å². The molecule has 92 valence electrons. The van der Waals surface area contributed by atoms with Gasteiger partial charge in [-0.15, -0.1) is 0 Å². The third-order valence-electron chi connectivity index (χ3n) is 3.58. The lowest BCUT2D eigenvalue weighted by Crippen LogP contribution is -2.50. The summed E-state index contributed by atoms with van der Waals surface area (Å²) in [7, 11) is 0. The molecule has 1 aromatic rings. The van der Waals surface area contributed by atoms with Crippen molar-refractivity contribution in [1.29, 1.82) is 0 Å². The molecule has 0 atom stereocenters. The monoisotopic (exact) mass is 296 g/mol. The molecule has 1 aliphatic carbocycles. The van der Waals surface area contributed by atoms with Crippen LogP contribution < -0.4 is 11.1 Å². The van der Waals surface area contributed by atoms with Crippen molar-refractivity contribution in [3.8, 4) is 0 Å². The highest BCUT2D eigenvalue weighted by molar-refractivity contribution is 9.10. The van der Waals surface area contributed by atoms with Crippen molar-refractivity contribution >= 4 is 21.8 Å². The SMILES string of the molecule is NCC1(C(=O)NCc2ccccc2Br)CCC1. The largest absolute Gasteiger partial charge is 0.351 e. The van der Waals surface area contributed by atoms with Gasteiger partial charge in [0.15, 0.2) is 0 Å². The van der Waals surface area contributed by atoms with Gasteiger partial charge in [-0.25, -0.2) is 0 Å². The normalized spacial score (nSPS) is 17.3. The van der Waals surface area contributed by atoms with Crippen molar-refractivity contribution in [1.82, 2.24) is 5.32 Å². The lowest BCUT2D eigenvalue weighted by molar-refractivity contribution is -0.135. The van der Waals surface area contributed by atoms with Crippen molar-refractivity contribution in [2.45, 2.75) is 25.8 Å². The average Bonchev–Trinajstić information content (AvgIpc) is 2.27. The highest BCUT2D eigenvalue weighted by atomic mass is 79.9. The molecule has 0 saturated heterocycles. The van der Waals surface area contributed by atoms with E-state index in [1.165, 1.54) is 0 Å². The summed E-state index contributed by atoms with van der Waals surface area (Å²) in [6.45, 7) is 1.01. The third-order valence-corrected chi connectivity index (χ3v) is 4.35. The Morgan fingerprint density at radius 3 is 2.65 bits per heavy atom. The van der Waals surface area contributed by atoms with Gasteiger partial charge in [0.05, 0.1) is 5.41 Å². The van der Waals surface area contributed by atoms with Crippen LogP contribution in [0.5, 0.6) is 0 Å². The zero-order chi connectivity index (χ0) is 12.3. The number of nitrogens with one attached hydrogen (secondary N) is 1. The molecule has 0 bridgehead atoms. The fourth-order valence-electron chi connectivity index (χ4n) is 2.13. The number of amides is 1. The van der Waals surface area contributed by atoms with E-state index in [-0.39, 0.29) is 11.3 Å². The summed E-state index contributed by atoms with van der Waals surface area (Å²) in [5.41, 5.74) is 6.50. The van der Waals surface area contributed by atoms with Crippen LogP contribution in [-0.4, -0.2) is 12.5 Å². The van der Waals surface area contributed by atoms with Gasteiger partial charge in [0.25, 0.3) is 0 Å². The maximum absolute atomic E-state index is 12.1. The first-order valence-electron chi connectivity index (χ1n) is 5.90. The Hall–Kier alpha value is -0.870. The summed E-state index contributed by atoms with van der Waals surface area (Å²) in [5.74, 6) is 0.0991. The van der Waals surface area contributed by atoms with Gasteiger partial charge in [-0.05, 0) is 24.5 Å². The first-order chi connectivity index (χ1) is 8.18. The molecule has 1 fully saturated rings. The van der Waals surface area contributed by atoms with Gasteiger partial charge in [-0.1, -0.05) is 40.5 Å². The molecule has 0 heterocycles. The summed E-state index contributed by atoms with van der Waals surface area (Å²) in [6.07, 6.45) is 2.95. The number of carbonyl (C=O) groups is 1. The average molecular weight is 297 g/mol. The van der Waals surface area contributed by atoms with Gasteiger partial charge < -0.3 is 11.1 Å². The smallest absolute Gasteiger partial charge is 0.227 e. The lowest BCUT2D eigenvalue weighted by Gasteiger charge is -2.39. The summed E-state index contributed by atoms with van der Waals surface area (Å²) >= 11 is 3.47. The van der Waals surface area contributed by atoms with Crippen molar-refractivity contribution in [3.05, 3.63) is 34.3 Å². The van der Waals surface area contributed by atoms with Crippen LogP contribution in [0.1, 0.15) is 24.8 Å². The van der Waals surface area contributed by atoms with Crippen LogP contribution in [0.25, 0.3) is 0 Å². The highest BCUT2D eigenvalue weighted by Crippen LogP contribution is 2.40. The van der Waals surface area contributed by atoms with Gasteiger partial charge in [0.1, 0.15) is 0 Å². The van der Waals surface area contributed by atoms with Gasteiger partial charge in [0.2, 0.25) is 5.91 Å². The molecule has 1 aromatic carbocycles. The second-order valence-electron chi connectivity index (χ2n) is 4.61. The van der Waals surface area contributed by atoms with E-state index in [2.05, 4.69) is 21.2 Å². The van der Waals surface area contributed by atoms with Crippen LogP contribution in [0.3, 0.4) is 0 Å². The van der Waals surface area contributed by atoms with Gasteiger partial charge in [-0.3, -0.25) is 4.79 Å². The quantitative estimate of drug-likeness (QED) is 0.895. The Morgan fingerprint density at radius 2 is 2.12 bits per heavy atom. The number of hydrogen-bond donors (Lipinski definition) is 2. The number of nitrogens with two attached hydrogens (primary N) is 1. The van der Waals surface area contributed by atoms with E-state index in [4.69, 9.17) is 5.73 Å². The molecule has 0 aliphatic heterocycles.